The number of nitrogens with zero attached hydrogens (tertiary/aromatic N) is 2. The number of alkyl halides is 3. The van der Waals surface area contributed by atoms with Gasteiger partial charge in [-0.25, -0.2) is 4.98 Å². The Morgan fingerprint density at radius 1 is 1.33 bits per heavy atom. The quantitative estimate of drug-likeness (QED) is 0.709. The average Bonchev–Trinajstić information content (AvgIpc) is 2.67. The molecule has 2 aromatic rings. The second-order valence-corrected chi connectivity index (χ2v) is 2.93. The van der Waals surface area contributed by atoms with E-state index >= 15 is 0 Å². The summed E-state index contributed by atoms with van der Waals surface area (Å²) < 4.78 is 38.0. The highest BCUT2D eigenvalue weighted by Gasteiger charge is 2.33. The van der Waals surface area contributed by atoms with Gasteiger partial charge in [0.05, 0.1) is 6.33 Å². The van der Waals surface area contributed by atoms with E-state index in [0.717, 1.165) is 12.5 Å². The molecule has 1 radical (unpaired) electrons. The summed E-state index contributed by atoms with van der Waals surface area (Å²) in [4.78, 5) is 3.29. The van der Waals surface area contributed by atoms with Gasteiger partial charge in [-0.15, -0.1) is 0 Å². The number of aromatic nitrogens is 2. The highest BCUT2D eigenvalue weighted by molar-refractivity contribution is 5.31. The lowest BCUT2D eigenvalue weighted by Gasteiger charge is -2.01. The van der Waals surface area contributed by atoms with Crippen molar-refractivity contribution in [3.8, 4) is 5.69 Å². The summed E-state index contributed by atoms with van der Waals surface area (Å²) in [7, 11) is 0. The lowest BCUT2D eigenvalue weighted by atomic mass is 10.3. The minimum atomic E-state index is -4.40. The molecule has 0 bridgehead atoms. The molecule has 0 saturated heterocycles. The first-order valence-electron chi connectivity index (χ1n) is 4.15. The molecule has 0 fully saturated rings. The van der Waals surface area contributed by atoms with Crippen LogP contribution in [0.2, 0.25) is 0 Å². The number of benzene rings is 1. The average molecular weight is 211 g/mol. The van der Waals surface area contributed by atoms with Crippen molar-refractivity contribution in [1.82, 2.24) is 9.55 Å². The van der Waals surface area contributed by atoms with Crippen molar-refractivity contribution in [1.29, 1.82) is 0 Å². The minimum Gasteiger partial charge on any atom is -0.306 e. The summed E-state index contributed by atoms with van der Waals surface area (Å²) in [6.45, 7) is 0. The van der Waals surface area contributed by atoms with Crippen LogP contribution in [0.4, 0.5) is 13.2 Å². The predicted octanol–water partition coefficient (Wildman–Crippen LogP) is 2.69. The normalized spacial score (nSPS) is 11.7. The Hall–Kier alpha value is -1.78. The van der Waals surface area contributed by atoms with Gasteiger partial charge in [0.25, 0.3) is 0 Å². The van der Waals surface area contributed by atoms with E-state index in [1.54, 1.807) is 24.3 Å². The topological polar surface area (TPSA) is 17.8 Å². The molecule has 1 aromatic carbocycles. The first kappa shape index (κ1) is 9.76. The molecule has 0 N–H and O–H groups in total. The van der Waals surface area contributed by atoms with E-state index < -0.39 is 11.9 Å². The highest BCUT2D eigenvalue weighted by Crippen LogP contribution is 2.27. The molecule has 2 rings (SSSR count). The molecule has 0 aliphatic heterocycles. The highest BCUT2D eigenvalue weighted by atomic mass is 19.4. The molecule has 1 heterocycles. The van der Waals surface area contributed by atoms with Crippen LogP contribution in [0.25, 0.3) is 5.69 Å². The van der Waals surface area contributed by atoms with E-state index in [1.165, 1.54) is 4.57 Å². The zero-order chi connectivity index (χ0) is 10.9. The molecule has 0 unspecified atom stereocenters. The Kier molecular flexibility index (Phi) is 2.22. The van der Waals surface area contributed by atoms with E-state index in [2.05, 4.69) is 11.1 Å². The van der Waals surface area contributed by atoms with Crippen molar-refractivity contribution in [2.75, 3.05) is 0 Å². The van der Waals surface area contributed by atoms with Crippen LogP contribution in [-0.4, -0.2) is 9.55 Å². The summed E-state index contributed by atoms with van der Waals surface area (Å²) in [5.74, 6) is 0. The Bertz CT molecular complexity index is 445. The van der Waals surface area contributed by atoms with Crippen LogP contribution in [-0.2, 0) is 6.18 Å². The fraction of sp³-hybridized carbons (Fsp3) is 0.100. The zero-order valence-electron chi connectivity index (χ0n) is 7.49. The molecule has 77 valence electrons. The van der Waals surface area contributed by atoms with Gasteiger partial charge in [-0.2, -0.15) is 13.2 Å². The molecule has 2 nitrogen and oxygen atoms in total. The number of hydrogen-bond donors (Lipinski definition) is 0. The van der Waals surface area contributed by atoms with Crippen molar-refractivity contribution >= 4 is 0 Å². The number of halogens is 3. The Balaban J connectivity index is 2.37. The molecular weight excluding hydrogens is 205 g/mol. The fourth-order valence-corrected chi connectivity index (χ4v) is 1.15. The van der Waals surface area contributed by atoms with E-state index in [-0.39, 0.29) is 0 Å². The van der Waals surface area contributed by atoms with Gasteiger partial charge in [-0.05, 0) is 18.2 Å². The first-order valence-corrected chi connectivity index (χ1v) is 4.15. The van der Waals surface area contributed by atoms with Crippen LogP contribution in [0.3, 0.4) is 0 Å². The van der Waals surface area contributed by atoms with E-state index in [9.17, 15) is 13.2 Å². The summed E-state index contributed by atoms with van der Waals surface area (Å²) in [6.07, 6.45) is -2.32. The van der Waals surface area contributed by atoms with Gasteiger partial charge in [0.2, 0.25) is 0 Å². The third-order valence-electron chi connectivity index (χ3n) is 1.86. The molecule has 0 spiro atoms. The maximum absolute atomic E-state index is 12.2. The van der Waals surface area contributed by atoms with Gasteiger partial charge >= 0.3 is 6.18 Å². The first-order chi connectivity index (χ1) is 7.07. The standard InChI is InChI=1S/C10H6F3N2/c11-10(12,13)9-6-15(7-14-9)8-4-2-1-3-5-8/h1-2,4-7H. The number of rotatable bonds is 1. The molecule has 0 atom stereocenters. The summed E-state index contributed by atoms with van der Waals surface area (Å²) in [6, 6.07) is 9.41. The van der Waals surface area contributed by atoms with E-state index in [1.807, 2.05) is 0 Å². The van der Waals surface area contributed by atoms with Crippen LogP contribution >= 0.6 is 0 Å². The second-order valence-electron chi connectivity index (χ2n) is 2.93. The van der Waals surface area contributed by atoms with Gasteiger partial charge in [0.1, 0.15) is 0 Å². The van der Waals surface area contributed by atoms with Crippen molar-refractivity contribution in [3.63, 3.8) is 0 Å². The monoisotopic (exact) mass is 211 g/mol. The number of hydrogen-bond acceptors (Lipinski definition) is 1. The van der Waals surface area contributed by atoms with Crippen molar-refractivity contribution in [3.05, 3.63) is 48.5 Å². The molecule has 0 aliphatic carbocycles. The van der Waals surface area contributed by atoms with E-state index in [4.69, 9.17) is 0 Å². The predicted molar refractivity (Wildman–Crippen MR) is 47.4 cm³/mol. The Morgan fingerprint density at radius 3 is 2.67 bits per heavy atom. The van der Waals surface area contributed by atoms with Crippen molar-refractivity contribution in [2.24, 2.45) is 0 Å². The summed E-state index contributed by atoms with van der Waals surface area (Å²) in [5.41, 5.74) is -0.299. The van der Waals surface area contributed by atoms with Crippen molar-refractivity contribution in [2.45, 2.75) is 6.18 Å². The van der Waals surface area contributed by atoms with Gasteiger partial charge in [-0.1, -0.05) is 12.1 Å². The van der Waals surface area contributed by atoms with E-state index in [0.29, 0.717) is 5.69 Å². The third-order valence-corrected chi connectivity index (χ3v) is 1.86. The molecular formula is C10H6F3N2. The smallest absolute Gasteiger partial charge is 0.306 e. The Morgan fingerprint density at radius 2 is 2.13 bits per heavy atom. The van der Waals surface area contributed by atoms with Crippen LogP contribution < -0.4 is 0 Å². The SMILES string of the molecule is FC(F)(F)c1cn(-c2c[c]ccc2)cn1. The van der Waals surface area contributed by atoms with Crippen molar-refractivity contribution < 1.29 is 13.2 Å². The maximum Gasteiger partial charge on any atom is 0.434 e. The van der Waals surface area contributed by atoms with Crippen LogP contribution in [0.15, 0.2) is 36.8 Å². The third kappa shape index (κ3) is 2.01. The van der Waals surface area contributed by atoms with Gasteiger partial charge in [0.15, 0.2) is 5.69 Å². The summed E-state index contributed by atoms with van der Waals surface area (Å²) >= 11 is 0. The molecule has 5 heteroatoms. The van der Waals surface area contributed by atoms with Gasteiger partial charge < -0.3 is 4.57 Å². The minimum absolute atomic E-state index is 0.598. The maximum atomic E-state index is 12.2. The van der Waals surface area contributed by atoms with Gasteiger partial charge in [-0.3, -0.25) is 0 Å². The Labute approximate surface area is 84.0 Å². The lowest BCUT2D eigenvalue weighted by Crippen LogP contribution is -2.04. The van der Waals surface area contributed by atoms with Crippen LogP contribution in [0, 0.1) is 6.07 Å². The largest absolute Gasteiger partial charge is 0.434 e. The lowest BCUT2D eigenvalue weighted by molar-refractivity contribution is -0.140. The fourth-order valence-electron chi connectivity index (χ4n) is 1.15. The molecule has 15 heavy (non-hydrogen) atoms. The van der Waals surface area contributed by atoms with Gasteiger partial charge in [0, 0.05) is 11.9 Å². The van der Waals surface area contributed by atoms with Crippen LogP contribution in [0.5, 0.6) is 0 Å². The number of imidazole rings is 1. The van der Waals surface area contributed by atoms with Crippen LogP contribution in [0.1, 0.15) is 5.69 Å². The second kappa shape index (κ2) is 3.42. The molecule has 0 aliphatic rings. The zero-order valence-corrected chi connectivity index (χ0v) is 7.49. The molecule has 0 saturated carbocycles. The summed E-state index contributed by atoms with van der Waals surface area (Å²) in [5, 5.41) is 0. The molecule has 0 amide bonds. The molecule has 1 aromatic heterocycles.